The van der Waals surface area contributed by atoms with Gasteiger partial charge < -0.3 is 0 Å². The first-order valence-electron chi connectivity index (χ1n) is 4.86. The van der Waals surface area contributed by atoms with E-state index in [2.05, 4.69) is 10.3 Å². The maximum absolute atomic E-state index is 11.9. The number of sulfonamides is 1. The number of aryl methyl sites for hydroxylation is 1. The molecule has 1 unspecified atom stereocenters. The Hall–Kier alpha value is -0.940. The van der Waals surface area contributed by atoms with E-state index in [9.17, 15) is 8.42 Å². The number of nitrogens with zero attached hydrogens (tertiary/aromatic N) is 1. The highest BCUT2D eigenvalue weighted by atomic mass is 32.3. The van der Waals surface area contributed by atoms with Gasteiger partial charge in [-0.3, -0.25) is 0 Å². The smallest absolute Gasteiger partial charge is 0.199 e. The zero-order chi connectivity index (χ0) is 12.2. The largest absolute Gasteiger partial charge is 0.288 e. The minimum Gasteiger partial charge on any atom is -0.199 e. The van der Waals surface area contributed by atoms with E-state index in [1.807, 2.05) is 13.8 Å². The molecule has 3 nitrogen and oxygen atoms in total. The van der Waals surface area contributed by atoms with Crippen molar-refractivity contribution in [2.75, 3.05) is 5.75 Å². The van der Waals surface area contributed by atoms with E-state index in [1.54, 1.807) is 29.7 Å². The Morgan fingerprint density at radius 2 is 1.94 bits per heavy atom. The van der Waals surface area contributed by atoms with Crippen LogP contribution in [0.25, 0.3) is 0 Å². The summed E-state index contributed by atoms with van der Waals surface area (Å²) in [5, 5.41) is 1.58. The van der Waals surface area contributed by atoms with Crippen molar-refractivity contribution in [2.24, 2.45) is 3.77 Å². The van der Waals surface area contributed by atoms with E-state index in [4.69, 9.17) is 0 Å². The SMILES string of the molecule is C=C/S(CC)=N/S(=O)(=O)c1ccc(C)cc1. The van der Waals surface area contributed by atoms with Gasteiger partial charge in [-0.2, -0.15) is 8.42 Å². The Morgan fingerprint density at radius 3 is 2.38 bits per heavy atom. The van der Waals surface area contributed by atoms with Gasteiger partial charge in [0.15, 0.2) is 0 Å². The summed E-state index contributed by atoms with van der Waals surface area (Å²) in [6, 6.07) is 6.68. The van der Waals surface area contributed by atoms with Crippen molar-refractivity contribution >= 4 is 20.7 Å². The molecule has 0 bridgehead atoms. The monoisotopic (exact) mass is 257 g/mol. The van der Waals surface area contributed by atoms with E-state index in [0.717, 1.165) is 5.56 Å². The van der Waals surface area contributed by atoms with Crippen molar-refractivity contribution in [3.8, 4) is 0 Å². The summed E-state index contributed by atoms with van der Waals surface area (Å²) in [5.41, 5.74) is 1.03. The minimum atomic E-state index is -3.53. The van der Waals surface area contributed by atoms with Crippen LogP contribution in [0.3, 0.4) is 0 Å². The van der Waals surface area contributed by atoms with Gasteiger partial charge in [0.1, 0.15) is 0 Å². The molecule has 0 spiro atoms. The molecule has 0 aliphatic carbocycles. The molecule has 5 heteroatoms. The van der Waals surface area contributed by atoms with E-state index in [-0.39, 0.29) is 4.90 Å². The molecule has 0 aliphatic heterocycles. The molecule has 0 fully saturated rings. The Balaban J connectivity index is 3.17. The molecular weight excluding hydrogens is 242 g/mol. The summed E-state index contributed by atoms with van der Waals surface area (Å²) < 4.78 is 27.6. The van der Waals surface area contributed by atoms with Gasteiger partial charge >= 0.3 is 0 Å². The molecule has 0 N–H and O–H groups in total. The number of benzene rings is 1. The van der Waals surface area contributed by atoms with Gasteiger partial charge in [-0.05, 0) is 24.5 Å². The van der Waals surface area contributed by atoms with E-state index >= 15 is 0 Å². The van der Waals surface area contributed by atoms with Gasteiger partial charge in [-0.15, -0.1) is 3.77 Å². The molecule has 1 atom stereocenters. The van der Waals surface area contributed by atoms with Crippen LogP contribution in [-0.2, 0) is 20.7 Å². The van der Waals surface area contributed by atoms with Crippen molar-refractivity contribution in [2.45, 2.75) is 18.7 Å². The fourth-order valence-electron chi connectivity index (χ4n) is 1.08. The molecule has 1 aromatic carbocycles. The molecule has 88 valence electrons. The van der Waals surface area contributed by atoms with E-state index < -0.39 is 20.7 Å². The summed E-state index contributed by atoms with van der Waals surface area (Å²) in [5.74, 6) is 0.661. The normalized spacial score (nSPS) is 13.6. The summed E-state index contributed by atoms with van der Waals surface area (Å²) in [6.45, 7) is 7.38. The van der Waals surface area contributed by atoms with Crippen molar-refractivity contribution in [3.63, 3.8) is 0 Å². The van der Waals surface area contributed by atoms with Crippen molar-refractivity contribution in [3.05, 3.63) is 41.8 Å². The Kier molecular flexibility index (Phi) is 4.44. The highest BCUT2D eigenvalue weighted by molar-refractivity contribution is 8.01. The number of hydrogen-bond acceptors (Lipinski definition) is 2. The van der Waals surface area contributed by atoms with Crippen LogP contribution in [0.15, 0.2) is 44.9 Å². The first kappa shape index (κ1) is 13.1. The molecule has 0 amide bonds. The van der Waals surface area contributed by atoms with Gasteiger partial charge in [0.2, 0.25) is 0 Å². The molecular formula is C11H15NO2S2. The lowest BCUT2D eigenvalue weighted by atomic mass is 10.2. The number of hydrogen-bond donors (Lipinski definition) is 0. The fourth-order valence-corrected chi connectivity index (χ4v) is 3.81. The second kappa shape index (κ2) is 5.41. The fraction of sp³-hybridized carbons (Fsp3) is 0.273. The van der Waals surface area contributed by atoms with Crippen LogP contribution >= 0.6 is 0 Å². The van der Waals surface area contributed by atoms with Crippen LogP contribution in [0.2, 0.25) is 0 Å². The Labute approximate surface area is 99.4 Å². The summed E-state index contributed by atoms with van der Waals surface area (Å²) in [7, 11) is -4.15. The predicted octanol–water partition coefficient (Wildman–Crippen LogP) is 2.65. The third-order valence-electron chi connectivity index (χ3n) is 2.00. The highest BCUT2D eigenvalue weighted by Crippen LogP contribution is 2.14. The predicted molar refractivity (Wildman–Crippen MR) is 68.9 cm³/mol. The van der Waals surface area contributed by atoms with Crippen LogP contribution in [0.5, 0.6) is 0 Å². The molecule has 1 aromatic rings. The second-order valence-electron chi connectivity index (χ2n) is 3.22. The van der Waals surface area contributed by atoms with Crippen LogP contribution in [0.4, 0.5) is 0 Å². The van der Waals surface area contributed by atoms with Crippen molar-refractivity contribution in [1.29, 1.82) is 0 Å². The highest BCUT2D eigenvalue weighted by Gasteiger charge is 2.12. The van der Waals surface area contributed by atoms with Gasteiger partial charge in [0, 0.05) is 5.75 Å². The molecule has 0 aromatic heterocycles. The lowest BCUT2D eigenvalue weighted by Crippen LogP contribution is -2.00. The molecule has 0 saturated carbocycles. The van der Waals surface area contributed by atoms with Gasteiger partial charge in [-0.25, -0.2) is 0 Å². The standard InChI is InChI=1S/C11H15NO2S2/c1-4-15(5-2)12-16(13,14)11-8-6-10(3)7-9-11/h4,6-9H,1,5H2,2-3H3. The summed E-state index contributed by atoms with van der Waals surface area (Å²) in [6.07, 6.45) is 0. The molecule has 0 radical (unpaired) electrons. The Bertz CT molecular complexity index is 501. The third-order valence-corrected chi connectivity index (χ3v) is 5.40. The average molecular weight is 257 g/mol. The summed E-state index contributed by atoms with van der Waals surface area (Å²) in [4.78, 5) is 0.242. The lowest BCUT2D eigenvalue weighted by molar-refractivity contribution is 0.598. The maximum Gasteiger partial charge on any atom is 0.288 e. The maximum atomic E-state index is 11.9. The molecule has 0 saturated heterocycles. The van der Waals surface area contributed by atoms with Gasteiger partial charge in [0.25, 0.3) is 10.0 Å². The van der Waals surface area contributed by atoms with E-state index in [0.29, 0.717) is 5.75 Å². The van der Waals surface area contributed by atoms with Crippen LogP contribution in [0, 0.1) is 6.92 Å². The first-order chi connectivity index (χ1) is 7.49. The third kappa shape index (κ3) is 3.28. The summed E-state index contributed by atoms with van der Waals surface area (Å²) >= 11 is 0. The molecule has 0 aliphatic rings. The Morgan fingerprint density at radius 1 is 1.38 bits per heavy atom. The van der Waals surface area contributed by atoms with Gasteiger partial charge in [-0.1, -0.05) is 41.9 Å². The first-order valence-corrected chi connectivity index (χ1v) is 7.72. The zero-order valence-corrected chi connectivity index (χ0v) is 11.0. The average Bonchev–Trinajstić information content (AvgIpc) is 2.26. The van der Waals surface area contributed by atoms with E-state index in [1.165, 1.54) is 0 Å². The second-order valence-corrected chi connectivity index (χ2v) is 6.95. The van der Waals surface area contributed by atoms with Crippen LogP contribution < -0.4 is 0 Å². The minimum absolute atomic E-state index is 0.242. The number of rotatable bonds is 4. The van der Waals surface area contributed by atoms with Crippen LogP contribution in [0.1, 0.15) is 12.5 Å². The van der Waals surface area contributed by atoms with Crippen molar-refractivity contribution in [1.82, 2.24) is 0 Å². The zero-order valence-electron chi connectivity index (χ0n) is 9.38. The molecule has 16 heavy (non-hydrogen) atoms. The van der Waals surface area contributed by atoms with Crippen molar-refractivity contribution < 1.29 is 8.42 Å². The molecule has 1 rings (SSSR count). The molecule has 0 heterocycles. The topological polar surface area (TPSA) is 46.5 Å². The lowest BCUT2D eigenvalue weighted by Gasteiger charge is -2.01. The van der Waals surface area contributed by atoms with Crippen LogP contribution in [-0.4, -0.2) is 14.2 Å². The van der Waals surface area contributed by atoms with Gasteiger partial charge in [0.05, 0.1) is 4.90 Å². The quantitative estimate of drug-likeness (QED) is 0.832.